The average Bonchev–Trinajstić information content (AvgIpc) is 2.79. The molecule has 3 aromatic carbocycles. The number of carbonyl (C=O) groups is 2. The topological polar surface area (TPSA) is 110 Å². The molecule has 156 valence electrons. The van der Waals surface area contributed by atoms with Crippen LogP contribution in [-0.2, 0) is 16.2 Å². The summed E-state index contributed by atoms with van der Waals surface area (Å²) in [4.78, 5) is 41.9. The molecule has 2 unspecified atom stereocenters. The van der Waals surface area contributed by atoms with Gasteiger partial charge in [0.05, 0.1) is 4.92 Å². The summed E-state index contributed by atoms with van der Waals surface area (Å²) in [5.41, 5.74) is 1.73. The van der Waals surface area contributed by atoms with Crippen molar-refractivity contribution in [3.05, 3.63) is 111 Å². The zero-order chi connectivity index (χ0) is 22.0. The molecule has 0 saturated carbocycles. The lowest BCUT2D eigenvalue weighted by molar-refractivity contribution is -0.384. The molecular formula is C23H18N2O6. The maximum Gasteiger partial charge on any atom is 0.313 e. The molecule has 0 fully saturated rings. The zero-order valence-corrected chi connectivity index (χ0v) is 16.3. The summed E-state index contributed by atoms with van der Waals surface area (Å²) in [5, 5.41) is 22.1. The molecule has 8 nitrogen and oxygen atoms in total. The largest absolute Gasteiger partial charge is 0.481 e. The summed E-state index contributed by atoms with van der Waals surface area (Å²) in [5.74, 6) is -2.70. The number of rotatable bonds is 6. The van der Waals surface area contributed by atoms with Crippen molar-refractivity contribution in [2.45, 2.75) is 18.6 Å². The van der Waals surface area contributed by atoms with Gasteiger partial charge in [0.2, 0.25) is 0 Å². The van der Waals surface area contributed by atoms with E-state index in [9.17, 15) is 24.8 Å². The van der Waals surface area contributed by atoms with Gasteiger partial charge in [0.25, 0.3) is 11.6 Å². The summed E-state index contributed by atoms with van der Waals surface area (Å²) in [6.45, 7) is 0.0601. The quantitative estimate of drug-likeness (QED) is 0.477. The second kappa shape index (κ2) is 8.37. The maximum atomic E-state index is 13.3. The van der Waals surface area contributed by atoms with Gasteiger partial charge < -0.3 is 5.11 Å². The summed E-state index contributed by atoms with van der Waals surface area (Å²) >= 11 is 0. The van der Waals surface area contributed by atoms with Crippen LogP contribution in [0.2, 0.25) is 0 Å². The Balaban J connectivity index is 1.79. The highest BCUT2D eigenvalue weighted by Gasteiger charge is 2.45. The number of hydrogen-bond acceptors (Lipinski definition) is 5. The van der Waals surface area contributed by atoms with E-state index in [1.165, 1.54) is 24.3 Å². The molecular weight excluding hydrogens is 400 g/mol. The number of carboxylic acids is 1. The molecule has 31 heavy (non-hydrogen) atoms. The number of hydrogen-bond donors (Lipinski definition) is 1. The fourth-order valence-corrected chi connectivity index (χ4v) is 3.76. The van der Waals surface area contributed by atoms with Crippen LogP contribution in [0.25, 0.3) is 0 Å². The number of nitro groups is 1. The highest BCUT2D eigenvalue weighted by molar-refractivity contribution is 5.99. The minimum atomic E-state index is -1.13. The van der Waals surface area contributed by atoms with Gasteiger partial charge >= 0.3 is 5.97 Å². The monoisotopic (exact) mass is 418 g/mol. The van der Waals surface area contributed by atoms with Gasteiger partial charge in [0, 0.05) is 17.7 Å². The number of hydroxylamine groups is 2. The average molecular weight is 418 g/mol. The molecule has 2 atom stereocenters. The van der Waals surface area contributed by atoms with Gasteiger partial charge in [0.15, 0.2) is 0 Å². The second-order valence-corrected chi connectivity index (χ2v) is 7.09. The van der Waals surface area contributed by atoms with Crippen molar-refractivity contribution < 1.29 is 24.5 Å². The molecule has 1 aliphatic rings. The lowest BCUT2D eigenvalue weighted by Crippen LogP contribution is -2.44. The summed E-state index contributed by atoms with van der Waals surface area (Å²) in [6.07, 6.45) is 0. The molecule has 0 saturated heterocycles. The summed E-state index contributed by atoms with van der Waals surface area (Å²) < 4.78 is 0. The number of aliphatic carboxylic acids is 1. The first kappa shape index (κ1) is 20.2. The number of benzene rings is 3. The number of fused-ring (bicyclic) bond motifs is 1. The number of carboxylic acid groups (broad SMARTS) is 1. The van der Waals surface area contributed by atoms with Gasteiger partial charge in [0.1, 0.15) is 18.6 Å². The van der Waals surface area contributed by atoms with Crippen LogP contribution in [0.1, 0.15) is 39.0 Å². The normalized spacial score (nSPS) is 17.8. The Hall–Kier alpha value is -4.04. The molecule has 4 rings (SSSR count). The van der Waals surface area contributed by atoms with E-state index in [2.05, 4.69) is 0 Å². The zero-order valence-electron chi connectivity index (χ0n) is 16.3. The Bertz CT molecular complexity index is 1130. The van der Waals surface area contributed by atoms with Crippen molar-refractivity contribution in [1.29, 1.82) is 0 Å². The number of nitrogens with zero attached hydrogens (tertiary/aromatic N) is 2. The predicted octanol–water partition coefficient (Wildman–Crippen LogP) is 4.09. The van der Waals surface area contributed by atoms with E-state index in [1.54, 1.807) is 24.3 Å². The SMILES string of the molecule is O=C(O)C1c2ccccc2C(=O)N(OCc2ccccc2)C1c1ccc([N+](=O)[O-])cc1. The van der Waals surface area contributed by atoms with Gasteiger partial charge in [-0.2, -0.15) is 0 Å². The highest BCUT2D eigenvalue weighted by Crippen LogP contribution is 2.43. The lowest BCUT2D eigenvalue weighted by atomic mass is 9.81. The minimum Gasteiger partial charge on any atom is -0.481 e. The number of non-ortho nitro benzene ring substituents is 1. The van der Waals surface area contributed by atoms with Crippen molar-refractivity contribution in [2.24, 2.45) is 0 Å². The highest BCUT2D eigenvalue weighted by atomic mass is 16.7. The van der Waals surface area contributed by atoms with Crippen LogP contribution < -0.4 is 0 Å². The van der Waals surface area contributed by atoms with Crippen LogP contribution >= 0.6 is 0 Å². The fourth-order valence-electron chi connectivity index (χ4n) is 3.76. The molecule has 0 spiro atoms. The van der Waals surface area contributed by atoms with Gasteiger partial charge in [-0.15, -0.1) is 0 Å². The van der Waals surface area contributed by atoms with Crippen LogP contribution in [0.5, 0.6) is 0 Å². The molecule has 1 heterocycles. The Labute approximate surface area is 177 Å². The summed E-state index contributed by atoms with van der Waals surface area (Å²) in [6, 6.07) is 20.2. The predicted molar refractivity (Wildman–Crippen MR) is 110 cm³/mol. The van der Waals surface area contributed by atoms with Crippen LogP contribution in [0.4, 0.5) is 5.69 Å². The molecule has 8 heteroatoms. The van der Waals surface area contributed by atoms with Crippen molar-refractivity contribution in [2.75, 3.05) is 0 Å². The van der Waals surface area contributed by atoms with E-state index in [-0.39, 0.29) is 17.9 Å². The fraction of sp³-hybridized carbons (Fsp3) is 0.130. The summed E-state index contributed by atoms with van der Waals surface area (Å²) in [7, 11) is 0. The third-order valence-corrected chi connectivity index (χ3v) is 5.22. The molecule has 1 aliphatic heterocycles. The Morgan fingerprint density at radius 2 is 1.65 bits per heavy atom. The Morgan fingerprint density at radius 1 is 1.00 bits per heavy atom. The number of carbonyl (C=O) groups excluding carboxylic acids is 1. The van der Waals surface area contributed by atoms with Gasteiger partial charge in [-0.05, 0) is 34.9 Å². The van der Waals surface area contributed by atoms with Gasteiger partial charge in [-0.25, -0.2) is 5.06 Å². The van der Waals surface area contributed by atoms with Gasteiger partial charge in [-0.3, -0.25) is 24.5 Å². The van der Waals surface area contributed by atoms with E-state index < -0.39 is 28.8 Å². The van der Waals surface area contributed by atoms with Crippen molar-refractivity contribution >= 4 is 17.6 Å². The van der Waals surface area contributed by atoms with Crippen molar-refractivity contribution in [3.63, 3.8) is 0 Å². The van der Waals surface area contributed by atoms with E-state index in [1.807, 2.05) is 30.3 Å². The van der Waals surface area contributed by atoms with E-state index >= 15 is 0 Å². The second-order valence-electron chi connectivity index (χ2n) is 7.09. The maximum absolute atomic E-state index is 13.3. The lowest BCUT2D eigenvalue weighted by Gasteiger charge is -2.39. The van der Waals surface area contributed by atoms with E-state index in [4.69, 9.17) is 4.84 Å². The van der Waals surface area contributed by atoms with Crippen LogP contribution in [0.3, 0.4) is 0 Å². The van der Waals surface area contributed by atoms with E-state index in [0.717, 1.165) is 10.6 Å². The van der Waals surface area contributed by atoms with Gasteiger partial charge in [-0.1, -0.05) is 48.5 Å². The Morgan fingerprint density at radius 3 is 2.29 bits per heavy atom. The first-order chi connectivity index (χ1) is 15.0. The molecule has 0 bridgehead atoms. The third kappa shape index (κ3) is 3.88. The number of nitro benzene ring substituents is 1. The minimum absolute atomic E-state index is 0.0601. The smallest absolute Gasteiger partial charge is 0.313 e. The van der Waals surface area contributed by atoms with E-state index in [0.29, 0.717) is 11.1 Å². The van der Waals surface area contributed by atoms with Crippen LogP contribution in [0, 0.1) is 10.1 Å². The molecule has 3 aromatic rings. The molecule has 0 radical (unpaired) electrons. The standard InChI is InChI=1S/C23H18N2O6/c26-22-19-9-5-4-8-18(19)20(23(27)28)21(16-10-12-17(13-11-16)25(29)30)24(22)31-14-15-6-2-1-3-7-15/h1-13,20-21H,14H2,(H,27,28). The third-order valence-electron chi connectivity index (χ3n) is 5.22. The molecule has 0 aliphatic carbocycles. The van der Waals surface area contributed by atoms with Crippen molar-refractivity contribution in [3.8, 4) is 0 Å². The molecule has 1 amide bonds. The first-order valence-corrected chi connectivity index (χ1v) is 9.54. The van der Waals surface area contributed by atoms with Crippen LogP contribution in [-0.4, -0.2) is 27.0 Å². The molecule has 0 aromatic heterocycles. The Kier molecular flexibility index (Phi) is 5.46. The number of amides is 1. The molecule has 1 N–H and O–H groups in total. The first-order valence-electron chi connectivity index (χ1n) is 9.54. The van der Waals surface area contributed by atoms with Crippen LogP contribution in [0.15, 0.2) is 78.9 Å². The van der Waals surface area contributed by atoms with Crippen molar-refractivity contribution in [1.82, 2.24) is 5.06 Å².